The van der Waals surface area contributed by atoms with Gasteiger partial charge >= 0.3 is 5.69 Å². The first kappa shape index (κ1) is 20.8. The predicted molar refractivity (Wildman–Crippen MR) is 122 cm³/mol. The van der Waals surface area contributed by atoms with Crippen LogP contribution in [0.1, 0.15) is 17.2 Å². The molecule has 2 aromatic heterocycles. The van der Waals surface area contributed by atoms with Gasteiger partial charge in [0.15, 0.2) is 11.2 Å². The minimum atomic E-state index is -0.897. The molecule has 4 aromatic rings. The van der Waals surface area contributed by atoms with Crippen molar-refractivity contribution in [3.05, 3.63) is 91.0 Å². The van der Waals surface area contributed by atoms with Crippen molar-refractivity contribution in [2.45, 2.75) is 12.6 Å². The minimum absolute atomic E-state index is 0.0396. The molecule has 1 unspecified atom stereocenters. The zero-order valence-corrected chi connectivity index (χ0v) is 18.1. The smallest absolute Gasteiger partial charge is 0.329 e. The molecular formula is C21H19BrN6O3. The van der Waals surface area contributed by atoms with Crippen LogP contribution in [0.5, 0.6) is 0 Å². The Morgan fingerprint density at radius 3 is 2.61 bits per heavy atom. The number of rotatable bonds is 6. The van der Waals surface area contributed by atoms with Gasteiger partial charge in [-0.25, -0.2) is 10.2 Å². The van der Waals surface area contributed by atoms with Gasteiger partial charge in [-0.2, -0.15) is 10.1 Å². The molecular weight excluding hydrogens is 464 g/mol. The van der Waals surface area contributed by atoms with Crippen LogP contribution in [0.2, 0.25) is 0 Å². The Labute approximate surface area is 184 Å². The number of aliphatic hydroxyl groups excluding tert-OH is 1. The van der Waals surface area contributed by atoms with Crippen LogP contribution in [0.3, 0.4) is 0 Å². The fourth-order valence-electron chi connectivity index (χ4n) is 3.16. The highest BCUT2D eigenvalue weighted by atomic mass is 79.9. The topological polar surface area (TPSA) is 117 Å². The zero-order valence-electron chi connectivity index (χ0n) is 16.5. The van der Waals surface area contributed by atoms with Gasteiger partial charge in [0.05, 0.1) is 18.9 Å². The molecule has 0 saturated heterocycles. The molecule has 10 heteroatoms. The Morgan fingerprint density at radius 2 is 1.90 bits per heavy atom. The number of aryl methyl sites for hydroxylation is 1. The lowest BCUT2D eigenvalue weighted by Crippen LogP contribution is -2.29. The first-order valence-corrected chi connectivity index (χ1v) is 10.2. The van der Waals surface area contributed by atoms with Crippen LogP contribution in [0.4, 0.5) is 5.95 Å². The molecule has 1 atom stereocenters. The number of hydrogen-bond donors (Lipinski definition) is 3. The van der Waals surface area contributed by atoms with Crippen molar-refractivity contribution in [1.29, 1.82) is 0 Å². The lowest BCUT2D eigenvalue weighted by atomic mass is 10.1. The molecule has 0 amide bonds. The van der Waals surface area contributed by atoms with Gasteiger partial charge in [0.2, 0.25) is 5.95 Å². The molecule has 0 aliphatic rings. The number of aliphatic hydroxyl groups is 1. The van der Waals surface area contributed by atoms with E-state index >= 15 is 0 Å². The average molecular weight is 483 g/mol. The SMILES string of the molecule is Cn1c(=O)[nH]c(=O)c2c1nc(N/N=C/c1ccc(Br)cc1)n2CC(O)c1ccccc1. The summed E-state index contributed by atoms with van der Waals surface area (Å²) in [6, 6.07) is 16.6. The molecule has 0 fully saturated rings. The Hall–Kier alpha value is -3.50. The van der Waals surface area contributed by atoms with Gasteiger partial charge in [-0.05, 0) is 23.3 Å². The second-order valence-corrected chi connectivity index (χ2v) is 7.80. The number of H-pyrrole nitrogens is 1. The number of benzene rings is 2. The highest BCUT2D eigenvalue weighted by Gasteiger charge is 2.20. The van der Waals surface area contributed by atoms with E-state index in [-0.39, 0.29) is 23.7 Å². The minimum Gasteiger partial charge on any atom is -0.387 e. The highest BCUT2D eigenvalue weighted by Crippen LogP contribution is 2.21. The number of nitrogens with one attached hydrogen (secondary N) is 2. The molecule has 4 rings (SSSR count). The summed E-state index contributed by atoms with van der Waals surface area (Å²) >= 11 is 3.38. The van der Waals surface area contributed by atoms with Crippen LogP contribution in [-0.2, 0) is 13.6 Å². The van der Waals surface area contributed by atoms with Gasteiger partial charge in [0.25, 0.3) is 5.56 Å². The van der Waals surface area contributed by atoms with Crippen LogP contribution in [-0.4, -0.2) is 30.4 Å². The number of anilines is 1. The number of imidazole rings is 1. The quantitative estimate of drug-likeness (QED) is 0.288. The molecule has 0 aliphatic heterocycles. The second-order valence-electron chi connectivity index (χ2n) is 6.88. The number of halogens is 1. The molecule has 2 heterocycles. The Morgan fingerprint density at radius 1 is 1.19 bits per heavy atom. The van der Waals surface area contributed by atoms with Crippen molar-refractivity contribution in [1.82, 2.24) is 19.1 Å². The fourth-order valence-corrected chi connectivity index (χ4v) is 3.43. The van der Waals surface area contributed by atoms with Crippen molar-refractivity contribution < 1.29 is 5.11 Å². The summed E-state index contributed by atoms with van der Waals surface area (Å²) in [5.41, 5.74) is 3.57. The van der Waals surface area contributed by atoms with Gasteiger partial charge in [0.1, 0.15) is 0 Å². The summed E-state index contributed by atoms with van der Waals surface area (Å²) in [5, 5.41) is 14.9. The maximum Gasteiger partial charge on any atom is 0.329 e. The van der Waals surface area contributed by atoms with Gasteiger partial charge in [-0.15, -0.1) is 0 Å². The Kier molecular flexibility index (Phi) is 5.83. The van der Waals surface area contributed by atoms with Gasteiger partial charge in [-0.1, -0.05) is 58.4 Å². The lowest BCUT2D eigenvalue weighted by molar-refractivity contribution is 0.158. The third-order valence-electron chi connectivity index (χ3n) is 4.80. The highest BCUT2D eigenvalue weighted by molar-refractivity contribution is 9.10. The number of nitrogens with zero attached hydrogens (tertiary/aromatic N) is 4. The molecule has 31 heavy (non-hydrogen) atoms. The lowest BCUT2D eigenvalue weighted by Gasteiger charge is -2.14. The first-order chi connectivity index (χ1) is 14.9. The van der Waals surface area contributed by atoms with Crippen LogP contribution in [0, 0.1) is 0 Å². The van der Waals surface area contributed by atoms with Crippen LogP contribution in [0.25, 0.3) is 11.2 Å². The van der Waals surface area contributed by atoms with Crippen molar-refractivity contribution in [2.24, 2.45) is 12.1 Å². The summed E-state index contributed by atoms with van der Waals surface area (Å²) in [5.74, 6) is 0.227. The van der Waals surface area contributed by atoms with E-state index in [9.17, 15) is 14.7 Å². The number of fused-ring (bicyclic) bond motifs is 1. The third-order valence-corrected chi connectivity index (χ3v) is 5.32. The summed E-state index contributed by atoms with van der Waals surface area (Å²) < 4.78 is 3.71. The summed E-state index contributed by atoms with van der Waals surface area (Å²) in [6.07, 6.45) is 0.707. The number of aromatic amines is 1. The molecule has 2 aromatic carbocycles. The van der Waals surface area contributed by atoms with E-state index in [1.165, 1.54) is 16.2 Å². The molecule has 9 nitrogen and oxygen atoms in total. The molecule has 158 valence electrons. The van der Waals surface area contributed by atoms with Gasteiger partial charge < -0.3 is 5.11 Å². The Bertz CT molecular complexity index is 1360. The molecule has 0 spiro atoms. The maximum absolute atomic E-state index is 12.5. The summed E-state index contributed by atoms with van der Waals surface area (Å²) in [7, 11) is 1.51. The average Bonchev–Trinajstić information content (AvgIpc) is 3.13. The summed E-state index contributed by atoms with van der Waals surface area (Å²) in [6.45, 7) is 0.0396. The van der Waals surface area contributed by atoms with Crippen LogP contribution < -0.4 is 16.7 Å². The van der Waals surface area contributed by atoms with E-state index in [1.807, 2.05) is 42.5 Å². The maximum atomic E-state index is 12.5. The molecule has 0 radical (unpaired) electrons. The summed E-state index contributed by atoms with van der Waals surface area (Å²) in [4.78, 5) is 31.2. The van der Waals surface area contributed by atoms with E-state index in [0.717, 1.165) is 10.0 Å². The largest absolute Gasteiger partial charge is 0.387 e. The van der Waals surface area contributed by atoms with E-state index in [0.29, 0.717) is 5.56 Å². The number of aromatic nitrogens is 4. The molecule has 3 N–H and O–H groups in total. The number of hydrazone groups is 1. The van der Waals surface area contributed by atoms with Crippen molar-refractivity contribution in [3.8, 4) is 0 Å². The standard InChI is InChI=1S/C21H19BrN6O3/c1-27-18-17(19(30)25-21(27)31)28(12-16(29)14-5-3-2-4-6-14)20(24-18)26-23-11-13-7-9-15(22)10-8-13/h2-11,16,29H,12H2,1H3,(H,24,26)(H,25,30,31)/b23-11+. The van der Waals surface area contributed by atoms with Crippen molar-refractivity contribution >= 4 is 39.3 Å². The number of hydrogen-bond acceptors (Lipinski definition) is 6. The van der Waals surface area contributed by atoms with E-state index in [4.69, 9.17) is 0 Å². The van der Waals surface area contributed by atoms with Crippen molar-refractivity contribution in [2.75, 3.05) is 5.43 Å². The van der Waals surface area contributed by atoms with Crippen LogP contribution >= 0.6 is 15.9 Å². The zero-order chi connectivity index (χ0) is 22.0. The predicted octanol–water partition coefficient (Wildman–Crippen LogP) is 2.37. The fraction of sp³-hybridized carbons (Fsp3) is 0.143. The second kappa shape index (κ2) is 8.70. The van der Waals surface area contributed by atoms with Gasteiger partial charge in [-0.3, -0.25) is 18.9 Å². The molecule has 0 bridgehead atoms. The monoisotopic (exact) mass is 482 g/mol. The molecule has 0 aliphatic carbocycles. The van der Waals surface area contributed by atoms with E-state index in [2.05, 4.69) is 36.4 Å². The Balaban J connectivity index is 1.74. The third kappa shape index (κ3) is 4.35. The van der Waals surface area contributed by atoms with E-state index < -0.39 is 17.4 Å². The van der Waals surface area contributed by atoms with Crippen LogP contribution in [0.15, 0.2) is 73.8 Å². The van der Waals surface area contributed by atoms with E-state index in [1.54, 1.807) is 18.3 Å². The van der Waals surface area contributed by atoms with Crippen molar-refractivity contribution in [3.63, 3.8) is 0 Å². The van der Waals surface area contributed by atoms with Gasteiger partial charge in [0, 0.05) is 11.5 Å². The molecule has 0 saturated carbocycles. The first-order valence-electron chi connectivity index (χ1n) is 9.41. The normalized spacial score (nSPS) is 12.5.